The predicted octanol–water partition coefficient (Wildman–Crippen LogP) is -10.3. The summed E-state index contributed by atoms with van der Waals surface area (Å²) >= 11 is -17.3. The molecule has 0 saturated carbocycles. The molecule has 0 aromatic carbocycles. The van der Waals surface area contributed by atoms with Crippen LogP contribution >= 0.6 is 0 Å². The van der Waals surface area contributed by atoms with Gasteiger partial charge in [-0.05, 0) is 0 Å². The maximum atomic E-state index is 9.53. The molecule has 0 aromatic heterocycles. The van der Waals surface area contributed by atoms with Gasteiger partial charge in [0.05, 0.1) is 0 Å². The molecule has 0 spiro atoms. The normalized spacial score (nSPS) is 11.2. The fourth-order valence-electron chi connectivity index (χ4n) is 0.109. The van der Waals surface area contributed by atoms with Gasteiger partial charge in [0.25, 0.3) is 0 Å². The van der Waals surface area contributed by atoms with Crippen LogP contribution in [0.25, 0.3) is 0 Å². The van der Waals surface area contributed by atoms with Crippen molar-refractivity contribution in [3.8, 4) is 0 Å². The average molecular weight is 380 g/mol. The quantitative estimate of drug-likeness (QED) is 0.431. The van der Waals surface area contributed by atoms with Crippen LogP contribution in [0.2, 0.25) is 0 Å². The summed E-state index contributed by atoms with van der Waals surface area (Å²) < 4.78 is 90.6. The second-order valence-electron chi connectivity index (χ2n) is 1.33. The van der Waals surface area contributed by atoms with Gasteiger partial charge < -0.3 is 0 Å². The van der Waals surface area contributed by atoms with Crippen molar-refractivity contribution >= 4 is 0 Å². The van der Waals surface area contributed by atoms with Gasteiger partial charge in [-0.3, -0.25) is 0 Å². The number of hydrogen-bond acceptors (Lipinski definition) is 9. The molecule has 0 aliphatic carbocycles. The summed E-state index contributed by atoms with van der Waals surface area (Å²) in [6.07, 6.45) is 0. The Morgan fingerprint density at radius 1 is 0.750 bits per heavy atom. The maximum absolute atomic E-state index is 9.53. The van der Waals surface area contributed by atoms with Crippen molar-refractivity contribution in [2.45, 2.75) is 0 Å². The van der Waals surface area contributed by atoms with Crippen molar-refractivity contribution in [1.29, 1.82) is 0 Å². The molecule has 2 N–H and O–H groups in total. The van der Waals surface area contributed by atoms with Crippen LogP contribution in [0.4, 0.5) is 0 Å². The molecule has 0 saturated heterocycles. The summed E-state index contributed by atoms with van der Waals surface area (Å²) in [4.78, 5) is 0. The Labute approximate surface area is 140 Å². The van der Waals surface area contributed by atoms with Crippen LogP contribution in [0.15, 0.2) is 0 Å². The molecule has 0 aromatic rings. The van der Waals surface area contributed by atoms with Gasteiger partial charge in [-0.15, -0.1) is 0 Å². The predicted molar refractivity (Wildman–Crippen MR) is 9.64 cm³/mol. The van der Waals surface area contributed by atoms with Gasteiger partial charge in [0, 0.05) is 0 Å². The monoisotopic (exact) mass is 380 g/mol. The third-order valence-electron chi connectivity index (χ3n) is 0.172. The van der Waals surface area contributed by atoms with Crippen LogP contribution in [0.5, 0.6) is 0 Å². The van der Waals surface area contributed by atoms with E-state index in [1.54, 1.807) is 0 Å². The van der Waals surface area contributed by atoms with Gasteiger partial charge in [0.2, 0.25) is 0 Å². The third kappa shape index (κ3) is 55.7. The van der Waals surface area contributed by atoms with Crippen molar-refractivity contribution in [1.82, 2.24) is 0 Å². The number of rotatable bonds is 2. The molecule has 11 nitrogen and oxygen atoms in total. The third-order valence-corrected chi connectivity index (χ3v) is 2.92. The van der Waals surface area contributed by atoms with Gasteiger partial charge in [-0.25, -0.2) is 0 Å². The molecule has 0 unspecified atom stereocenters. The first-order valence-electron chi connectivity index (χ1n) is 2.03. The van der Waals surface area contributed by atoms with E-state index in [0.29, 0.717) is 0 Å². The van der Waals surface area contributed by atoms with E-state index < -0.39 is 40.8 Å². The zero-order chi connectivity index (χ0) is 12.2. The molecule has 0 atom stereocenters. The van der Waals surface area contributed by atoms with Crippen molar-refractivity contribution in [3.63, 3.8) is 0 Å². The Morgan fingerprint density at radius 3 is 0.875 bits per heavy atom. The van der Waals surface area contributed by atoms with Crippen LogP contribution in [-0.2, 0) is 66.5 Å². The van der Waals surface area contributed by atoms with E-state index in [4.69, 9.17) is 24.2 Å². The summed E-state index contributed by atoms with van der Waals surface area (Å²) in [7, 11) is 0. The molecule has 0 aliphatic heterocycles. The van der Waals surface area contributed by atoms with E-state index in [2.05, 4.69) is 2.84 Å². The molecule has 88 valence electrons. The first kappa shape index (κ1) is 26.7. The van der Waals surface area contributed by atoms with Crippen molar-refractivity contribution in [2.75, 3.05) is 0 Å². The molecule has 0 heterocycles. The first-order chi connectivity index (χ1) is 5.71. The fourth-order valence-corrected chi connectivity index (χ4v) is 1.85. The zero-order valence-corrected chi connectivity index (χ0v) is 15.6. The topological polar surface area (TPSA) is 198 Å². The molecular formula is H2Cr3Na2O11. The Balaban J connectivity index is -0.0000000904. The summed E-state index contributed by atoms with van der Waals surface area (Å²) in [6.45, 7) is 0. The molecule has 0 bridgehead atoms. The van der Waals surface area contributed by atoms with Crippen LogP contribution in [-0.4, -0.2) is 8.32 Å². The summed E-state index contributed by atoms with van der Waals surface area (Å²) in [5, 5.41) is 0. The minimum absolute atomic E-state index is 0. The van der Waals surface area contributed by atoms with E-state index in [9.17, 15) is 15.2 Å². The SMILES string of the molecule is [Na+].[Na+].[O]=[Cr](=[O])([O-])[O-].[O]=[Cr](=[O])([OH])[O][Cr](=[O])(=[O])[OH]. The van der Waals surface area contributed by atoms with Crippen molar-refractivity contribution < 1.29 is 142 Å². The minimum atomic E-state index is -5.76. The van der Waals surface area contributed by atoms with E-state index in [-0.39, 0.29) is 59.1 Å². The summed E-state index contributed by atoms with van der Waals surface area (Å²) in [5.74, 6) is 0. The van der Waals surface area contributed by atoms with E-state index in [0.717, 1.165) is 0 Å². The second kappa shape index (κ2) is 10.0. The molecule has 16 heteroatoms. The van der Waals surface area contributed by atoms with E-state index in [1.807, 2.05) is 0 Å². The van der Waals surface area contributed by atoms with Crippen LogP contribution in [0.1, 0.15) is 0 Å². The fraction of sp³-hybridized carbons (Fsp3) is 0. The van der Waals surface area contributed by atoms with Gasteiger partial charge in [-0.2, -0.15) is 0 Å². The number of hydrogen-bond donors (Lipinski definition) is 2. The Hall–Kier alpha value is 2.20. The van der Waals surface area contributed by atoms with Crippen LogP contribution < -0.4 is 67.4 Å². The molecule has 0 rings (SSSR count). The van der Waals surface area contributed by atoms with E-state index >= 15 is 0 Å². The van der Waals surface area contributed by atoms with E-state index in [1.165, 1.54) is 0 Å². The molecule has 0 radical (unpaired) electrons. The summed E-state index contributed by atoms with van der Waals surface area (Å²) in [5.41, 5.74) is 0. The molecule has 0 amide bonds. The second-order valence-corrected chi connectivity index (χ2v) is 6.37. The zero-order valence-electron chi connectivity index (χ0n) is 7.79. The van der Waals surface area contributed by atoms with Crippen molar-refractivity contribution in [2.24, 2.45) is 0 Å². The molecule has 0 aliphatic rings. The van der Waals surface area contributed by atoms with Gasteiger partial charge in [0.1, 0.15) is 0 Å². The standard InChI is InChI=1S/3Cr.2Na.2H2O.9O/h;;;;;2*1H2;;;;;;;;;/q;4*+1;;;;;;;;;;2*-1/p-2. The van der Waals surface area contributed by atoms with Crippen LogP contribution in [0, 0.1) is 0 Å². The van der Waals surface area contributed by atoms with Gasteiger partial charge in [0.15, 0.2) is 0 Å². The van der Waals surface area contributed by atoms with Crippen LogP contribution in [0.3, 0.4) is 0 Å². The van der Waals surface area contributed by atoms with Gasteiger partial charge in [-0.1, -0.05) is 0 Å². The Bertz CT molecular complexity index is 411. The summed E-state index contributed by atoms with van der Waals surface area (Å²) in [6, 6.07) is 0. The van der Waals surface area contributed by atoms with Gasteiger partial charge >= 0.3 is 142 Å². The molecular weight excluding hydrogens is 378 g/mol. The average Bonchev–Trinajstić information content (AvgIpc) is 1.42. The Kier molecular flexibility index (Phi) is 16.8. The molecule has 0 fully saturated rings. The molecule has 16 heavy (non-hydrogen) atoms. The Morgan fingerprint density at radius 2 is 0.875 bits per heavy atom. The first-order valence-corrected chi connectivity index (χ1v) is 8.38. The van der Waals surface area contributed by atoms with Crippen molar-refractivity contribution in [3.05, 3.63) is 0 Å².